The number of nitrogens with one attached hydrogen (secondary N) is 1. The average Bonchev–Trinajstić information content (AvgIpc) is 2.48. The van der Waals surface area contributed by atoms with E-state index in [0.29, 0.717) is 12.2 Å². The molecule has 0 bridgehead atoms. The van der Waals surface area contributed by atoms with Gasteiger partial charge < -0.3 is 16.8 Å². The second kappa shape index (κ2) is 6.91. The first kappa shape index (κ1) is 15.8. The number of hydrogen-bond acceptors (Lipinski definition) is 3. The molecule has 0 aromatic heterocycles. The average molecular weight is 310 g/mol. The van der Waals surface area contributed by atoms with E-state index < -0.39 is 5.91 Å². The fourth-order valence-electron chi connectivity index (χ4n) is 2.86. The first-order valence-corrected chi connectivity index (χ1v) is 7.51. The summed E-state index contributed by atoms with van der Waals surface area (Å²) in [4.78, 5) is 23.7. The molecule has 5 N–H and O–H groups in total. The molecular formula is C15H20ClN3O2. The number of primary amides is 1. The third kappa shape index (κ3) is 3.74. The summed E-state index contributed by atoms with van der Waals surface area (Å²) in [5, 5.41) is 3.11. The lowest BCUT2D eigenvalue weighted by Crippen LogP contribution is -2.35. The van der Waals surface area contributed by atoms with Gasteiger partial charge in [0.2, 0.25) is 11.8 Å². The maximum absolute atomic E-state index is 12.4. The number of hydrogen-bond donors (Lipinski definition) is 3. The molecule has 1 aromatic carbocycles. The minimum Gasteiger partial charge on any atom is -0.366 e. The molecule has 0 radical (unpaired) electrons. The molecule has 1 saturated carbocycles. The Morgan fingerprint density at radius 1 is 1.29 bits per heavy atom. The monoisotopic (exact) mass is 309 g/mol. The molecule has 0 heterocycles. The summed E-state index contributed by atoms with van der Waals surface area (Å²) in [6.45, 7) is 0.519. The van der Waals surface area contributed by atoms with Gasteiger partial charge in [0.05, 0.1) is 10.6 Å². The second-order valence-electron chi connectivity index (χ2n) is 5.43. The molecule has 0 spiro atoms. The molecule has 114 valence electrons. The molecule has 2 rings (SSSR count). The van der Waals surface area contributed by atoms with Gasteiger partial charge in [-0.2, -0.15) is 0 Å². The maximum Gasteiger partial charge on any atom is 0.250 e. The van der Waals surface area contributed by atoms with Crippen LogP contribution in [0.15, 0.2) is 18.2 Å². The molecule has 21 heavy (non-hydrogen) atoms. The molecule has 1 fully saturated rings. The van der Waals surface area contributed by atoms with Crippen LogP contribution in [0.5, 0.6) is 0 Å². The number of benzene rings is 1. The van der Waals surface area contributed by atoms with Gasteiger partial charge in [-0.05, 0) is 43.5 Å². The Hall–Kier alpha value is -1.59. The lowest BCUT2D eigenvalue weighted by atomic mass is 9.78. The van der Waals surface area contributed by atoms with Crippen molar-refractivity contribution in [1.82, 2.24) is 0 Å². The Bertz CT molecular complexity index is 548. The summed E-state index contributed by atoms with van der Waals surface area (Å²) in [5.74, 6) is -0.519. The Labute approximate surface area is 129 Å². The van der Waals surface area contributed by atoms with Gasteiger partial charge in [0.1, 0.15) is 0 Å². The van der Waals surface area contributed by atoms with Crippen LogP contribution in [0.2, 0.25) is 5.02 Å². The molecule has 2 amide bonds. The van der Waals surface area contributed by atoms with Gasteiger partial charge in [0, 0.05) is 11.6 Å². The van der Waals surface area contributed by atoms with Gasteiger partial charge in [-0.25, -0.2) is 0 Å². The van der Waals surface area contributed by atoms with Crippen molar-refractivity contribution >= 4 is 29.1 Å². The SMILES string of the molecule is NCC1CCCCC1C(=O)Nc1ccc(Cl)c(C(N)=O)c1. The first-order chi connectivity index (χ1) is 10.0. The van der Waals surface area contributed by atoms with Crippen LogP contribution < -0.4 is 16.8 Å². The van der Waals surface area contributed by atoms with Crippen molar-refractivity contribution in [2.45, 2.75) is 25.7 Å². The van der Waals surface area contributed by atoms with Crippen LogP contribution in [-0.2, 0) is 4.79 Å². The minimum atomic E-state index is -0.617. The quantitative estimate of drug-likeness (QED) is 0.794. The maximum atomic E-state index is 12.4. The number of carbonyl (C=O) groups excluding carboxylic acids is 2. The molecule has 2 unspecified atom stereocenters. The van der Waals surface area contributed by atoms with Gasteiger partial charge in [-0.1, -0.05) is 24.4 Å². The predicted molar refractivity (Wildman–Crippen MR) is 83.1 cm³/mol. The fourth-order valence-corrected chi connectivity index (χ4v) is 3.07. The van der Waals surface area contributed by atoms with Crippen LogP contribution in [0.1, 0.15) is 36.0 Å². The molecule has 1 aliphatic carbocycles. The zero-order valence-electron chi connectivity index (χ0n) is 11.8. The summed E-state index contributed by atoms with van der Waals surface area (Å²) < 4.78 is 0. The predicted octanol–water partition coefficient (Wildman–Crippen LogP) is 2.14. The number of anilines is 1. The third-order valence-corrected chi connectivity index (χ3v) is 4.38. The van der Waals surface area contributed by atoms with E-state index >= 15 is 0 Å². The Morgan fingerprint density at radius 2 is 2.00 bits per heavy atom. The summed E-state index contributed by atoms with van der Waals surface area (Å²) >= 11 is 5.89. The van der Waals surface area contributed by atoms with Crippen LogP contribution in [0, 0.1) is 11.8 Å². The number of nitrogens with two attached hydrogens (primary N) is 2. The Kier molecular flexibility index (Phi) is 5.20. The molecule has 5 nitrogen and oxygen atoms in total. The normalized spacial score (nSPS) is 21.8. The van der Waals surface area contributed by atoms with Crippen LogP contribution in [0.4, 0.5) is 5.69 Å². The largest absolute Gasteiger partial charge is 0.366 e. The highest BCUT2D eigenvalue weighted by Gasteiger charge is 2.30. The standard InChI is InChI=1S/C15H20ClN3O2/c16-13-6-5-10(7-12(13)14(18)20)19-15(21)11-4-2-1-3-9(11)8-17/h5-7,9,11H,1-4,8,17H2,(H2,18,20)(H,19,21). The van der Waals surface area contributed by atoms with Crippen molar-refractivity contribution in [2.24, 2.45) is 23.3 Å². The van der Waals surface area contributed by atoms with Gasteiger partial charge >= 0.3 is 0 Å². The lowest BCUT2D eigenvalue weighted by molar-refractivity contribution is -0.122. The lowest BCUT2D eigenvalue weighted by Gasteiger charge is -2.29. The molecule has 0 saturated heterocycles. The van der Waals surface area contributed by atoms with E-state index in [1.165, 1.54) is 6.07 Å². The first-order valence-electron chi connectivity index (χ1n) is 7.13. The highest BCUT2D eigenvalue weighted by molar-refractivity contribution is 6.34. The highest BCUT2D eigenvalue weighted by atomic mass is 35.5. The molecular weight excluding hydrogens is 290 g/mol. The Morgan fingerprint density at radius 3 is 2.67 bits per heavy atom. The van der Waals surface area contributed by atoms with E-state index in [-0.39, 0.29) is 28.3 Å². The van der Waals surface area contributed by atoms with E-state index in [0.717, 1.165) is 25.7 Å². The van der Waals surface area contributed by atoms with Crippen LogP contribution in [0.25, 0.3) is 0 Å². The number of halogens is 1. The minimum absolute atomic E-state index is 0.0529. The molecule has 0 aliphatic heterocycles. The number of carbonyl (C=O) groups is 2. The van der Waals surface area contributed by atoms with E-state index in [4.69, 9.17) is 23.1 Å². The zero-order chi connectivity index (χ0) is 15.4. The number of amides is 2. The molecule has 1 aromatic rings. The summed E-state index contributed by atoms with van der Waals surface area (Å²) in [6.07, 6.45) is 4.01. The molecule has 2 atom stereocenters. The van der Waals surface area contributed by atoms with Gasteiger partial charge in [0.25, 0.3) is 0 Å². The van der Waals surface area contributed by atoms with Gasteiger partial charge in [0.15, 0.2) is 0 Å². The van der Waals surface area contributed by atoms with Gasteiger partial charge in [-0.3, -0.25) is 9.59 Å². The fraction of sp³-hybridized carbons (Fsp3) is 0.467. The summed E-state index contributed by atoms with van der Waals surface area (Å²) in [7, 11) is 0. The van der Waals surface area contributed by atoms with Crippen molar-refractivity contribution in [2.75, 3.05) is 11.9 Å². The van der Waals surface area contributed by atoms with E-state index in [1.54, 1.807) is 12.1 Å². The number of rotatable bonds is 4. The van der Waals surface area contributed by atoms with Crippen LogP contribution in [0.3, 0.4) is 0 Å². The highest BCUT2D eigenvalue weighted by Crippen LogP contribution is 2.30. The molecule has 6 heteroatoms. The zero-order valence-corrected chi connectivity index (χ0v) is 12.5. The Balaban J connectivity index is 2.12. The van der Waals surface area contributed by atoms with E-state index in [2.05, 4.69) is 5.32 Å². The van der Waals surface area contributed by atoms with Crippen molar-refractivity contribution in [3.05, 3.63) is 28.8 Å². The van der Waals surface area contributed by atoms with Crippen molar-refractivity contribution in [3.8, 4) is 0 Å². The summed E-state index contributed by atoms with van der Waals surface area (Å²) in [5.41, 5.74) is 11.7. The van der Waals surface area contributed by atoms with Crippen LogP contribution in [-0.4, -0.2) is 18.4 Å². The van der Waals surface area contributed by atoms with E-state index in [1.807, 2.05) is 0 Å². The topological polar surface area (TPSA) is 98.2 Å². The van der Waals surface area contributed by atoms with Crippen LogP contribution >= 0.6 is 11.6 Å². The smallest absolute Gasteiger partial charge is 0.250 e. The van der Waals surface area contributed by atoms with Crippen molar-refractivity contribution in [1.29, 1.82) is 0 Å². The second-order valence-corrected chi connectivity index (χ2v) is 5.84. The third-order valence-electron chi connectivity index (χ3n) is 4.05. The van der Waals surface area contributed by atoms with Crippen molar-refractivity contribution in [3.63, 3.8) is 0 Å². The summed E-state index contributed by atoms with van der Waals surface area (Å²) in [6, 6.07) is 4.72. The van der Waals surface area contributed by atoms with E-state index in [9.17, 15) is 9.59 Å². The van der Waals surface area contributed by atoms with Crippen molar-refractivity contribution < 1.29 is 9.59 Å². The molecule has 1 aliphatic rings. The van der Waals surface area contributed by atoms with Gasteiger partial charge in [-0.15, -0.1) is 0 Å².